The normalized spacial score (nSPS) is 25.4. The van der Waals surface area contributed by atoms with E-state index in [-0.39, 0.29) is 5.56 Å². The number of hydrogen-bond acceptors (Lipinski definition) is 1. The molecule has 0 radical (unpaired) electrons. The third-order valence-corrected chi connectivity index (χ3v) is 3.91. The predicted octanol–water partition coefficient (Wildman–Crippen LogP) is 3.99. The molecule has 1 aromatic carbocycles. The van der Waals surface area contributed by atoms with Crippen LogP contribution in [0.3, 0.4) is 0 Å². The molecule has 1 aliphatic carbocycles. The summed E-state index contributed by atoms with van der Waals surface area (Å²) in [5.74, 6) is -2.41. The molecule has 2 atom stereocenters. The first-order chi connectivity index (χ1) is 9.15. The highest BCUT2D eigenvalue weighted by atomic mass is 19.4. The van der Waals surface area contributed by atoms with E-state index in [1.54, 1.807) is 19.9 Å². The maximum absolute atomic E-state index is 13.2. The van der Waals surface area contributed by atoms with Crippen LogP contribution in [-0.4, -0.2) is 17.3 Å². The van der Waals surface area contributed by atoms with Gasteiger partial charge in [-0.2, -0.15) is 13.2 Å². The van der Waals surface area contributed by atoms with Gasteiger partial charge in [0, 0.05) is 0 Å². The van der Waals surface area contributed by atoms with Crippen molar-refractivity contribution in [2.75, 3.05) is 0 Å². The molecule has 0 bridgehead atoms. The highest BCUT2D eigenvalue weighted by Crippen LogP contribution is 2.60. The number of hydrogen-bond donors (Lipinski definition) is 1. The Kier molecular flexibility index (Phi) is 3.40. The van der Waals surface area contributed by atoms with Gasteiger partial charge < -0.3 is 5.11 Å². The first kappa shape index (κ1) is 14.6. The molecule has 1 aliphatic rings. The van der Waals surface area contributed by atoms with E-state index in [1.165, 1.54) is 24.3 Å². The van der Waals surface area contributed by atoms with Crippen LogP contribution in [0, 0.1) is 17.3 Å². The minimum Gasteiger partial charge on any atom is -0.481 e. The van der Waals surface area contributed by atoms with Gasteiger partial charge in [-0.1, -0.05) is 50.3 Å². The monoisotopic (exact) mass is 284 g/mol. The summed E-state index contributed by atoms with van der Waals surface area (Å²) >= 11 is 0. The molecule has 0 aromatic heterocycles. The molecule has 5 heteroatoms. The Morgan fingerprint density at radius 1 is 1.25 bits per heavy atom. The number of benzene rings is 1. The number of carboxylic acid groups (broad SMARTS) is 1. The van der Waals surface area contributed by atoms with Crippen LogP contribution in [0.4, 0.5) is 13.2 Å². The molecule has 0 heterocycles. The van der Waals surface area contributed by atoms with Crippen LogP contribution in [0.15, 0.2) is 36.4 Å². The van der Waals surface area contributed by atoms with E-state index in [0.717, 1.165) is 6.08 Å². The summed E-state index contributed by atoms with van der Waals surface area (Å²) < 4.78 is 39.5. The minimum atomic E-state index is -4.50. The maximum Gasteiger partial charge on any atom is 0.416 e. The number of aliphatic carboxylic acids is 1. The molecule has 1 saturated carbocycles. The van der Waals surface area contributed by atoms with Gasteiger partial charge in [-0.3, -0.25) is 4.79 Å². The van der Waals surface area contributed by atoms with Crippen LogP contribution in [0.25, 0.3) is 5.57 Å². The predicted molar refractivity (Wildman–Crippen MR) is 68.9 cm³/mol. The van der Waals surface area contributed by atoms with Crippen molar-refractivity contribution in [1.82, 2.24) is 0 Å². The Labute approximate surface area is 114 Å². The number of allylic oxidation sites excluding steroid dienone is 2. The van der Waals surface area contributed by atoms with Gasteiger partial charge in [-0.25, -0.2) is 0 Å². The zero-order valence-corrected chi connectivity index (χ0v) is 11.1. The molecule has 2 rings (SSSR count). The van der Waals surface area contributed by atoms with Gasteiger partial charge in [0.2, 0.25) is 0 Å². The zero-order chi connectivity index (χ0) is 15.1. The van der Waals surface area contributed by atoms with Gasteiger partial charge in [0.15, 0.2) is 0 Å². The Balaban J connectivity index is 2.40. The van der Waals surface area contributed by atoms with Crippen molar-refractivity contribution in [3.8, 4) is 0 Å². The van der Waals surface area contributed by atoms with E-state index in [0.29, 0.717) is 0 Å². The fourth-order valence-electron chi connectivity index (χ4n) is 2.61. The number of carboxylic acids is 1. The van der Waals surface area contributed by atoms with Gasteiger partial charge in [-0.05, 0) is 16.9 Å². The van der Waals surface area contributed by atoms with Crippen molar-refractivity contribution in [1.29, 1.82) is 0 Å². The second-order valence-corrected chi connectivity index (χ2v) is 5.61. The van der Waals surface area contributed by atoms with Crippen molar-refractivity contribution >= 4 is 11.5 Å². The average molecular weight is 284 g/mol. The lowest BCUT2D eigenvalue weighted by molar-refractivity contribution is -0.139. The van der Waals surface area contributed by atoms with E-state index < -0.39 is 35.0 Å². The highest BCUT2D eigenvalue weighted by molar-refractivity contribution is 5.78. The van der Waals surface area contributed by atoms with Gasteiger partial charge in [-0.15, -0.1) is 0 Å². The second kappa shape index (κ2) is 4.65. The van der Waals surface area contributed by atoms with E-state index in [4.69, 9.17) is 5.11 Å². The Bertz CT molecular complexity index is 544. The summed E-state index contributed by atoms with van der Waals surface area (Å²) in [5, 5.41) is 9.04. The fourth-order valence-corrected chi connectivity index (χ4v) is 2.61. The van der Waals surface area contributed by atoms with Crippen molar-refractivity contribution in [3.63, 3.8) is 0 Å². The SMILES string of the molecule is CC1(C)C(/C=C(/c2ccccc2)C(F)(F)F)C1C(=O)O. The van der Waals surface area contributed by atoms with Crippen LogP contribution in [0.2, 0.25) is 0 Å². The molecular formula is C15H15F3O2. The summed E-state index contributed by atoms with van der Waals surface area (Å²) in [6.45, 7) is 3.35. The third kappa shape index (κ3) is 2.57. The lowest BCUT2D eigenvalue weighted by atomic mass is 10.0. The van der Waals surface area contributed by atoms with Crippen LogP contribution in [0.5, 0.6) is 0 Å². The zero-order valence-electron chi connectivity index (χ0n) is 11.1. The van der Waals surface area contributed by atoms with Crippen molar-refractivity contribution in [2.45, 2.75) is 20.0 Å². The Morgan fingerprint density at radius 3 is 2.20 bits per heavy atom. The summed E-state index contributed by atoms with van der Waals surface area (Å²) in [6, 6.07) is 7.46. The van der Waals surface area contributed by atoms with Gasteiger partial charge in [0.25, 0.3) is 0 Å². The van der Waals surface area contributed by atoms with E-state index in [9.17, 15) is 18.0 Å². The number of alkyl halides is 3. The molecule has 1 N–H and O–H groups in total. The van der Waals surface area contributed by atoms with E-state index in [2.05, 4.69) is 0 Å². The van der Waals surface area contributed by atoms with Gasteiger partial charge >= 0.3 is 12.1 Å². The highest BCUT2D eigenvalue weighted by Gasteiger charge is 2.61. The number of carbonyl (C=O) groups is 1. The lowest BCUT2D eigenvalue weighted by Gasteiger charge is -2.12. The van der Waals surface area contributed by atoms with Gasteiger partial charge in [0.05, 0.1) is 11.5 Å². The summed E-state index contributed by atoms with van der Waals surface area (Å²) in [7, 11) is 0. The smallest absolute Gasteiger partial charge is 0.416 e. The summed E-state index contributed by atoms with van der Waals surface area (Å²) in [5.41, 5.74) is -1.34. The van der Waals surface area contributed by atoms with Crippen LogP contribution >= 0.6 is 0 Å². The molecule has 108 valence electrons. The quantitative estimate of drug-likeness (QED) is 0.911. The van der Waals surface area contributed by atoms with E-state index in [1.807, 2.05) is 0 Å². The summed E-state index contributed by atoms with van der Waals surface area (Å²) in [4.78, 5) is 11.0. The molecule has 0 aliphatic heterocycles. The van der Waals surface area contributed by atoms with Crippen molar-refractivity contribution in [2.24, 2.45) is 17.3 Å². The molecule has 2 nitrogen and oxygen atoms in total. The van der Waals surface area contributed by atoms with Gasteiger partial charge in [0.1, 0.15) is 0 Å². The molecule has 2 unspecified atom stereocenters. The molecule has 1 fully saturated rings. The van der Waals surface area contributed by atoms with Crippen LogP contribution < -0.4 is 0 Å². The molecule has 20 heavy (non-hydrogen) atoms. The molecule has 0 saturated heterocycles. The topological polar surface area (TPSA) is 37.3 Å². The first-order valence-electron chi connectivity index (χ1n) is 6.23. The lowest BCUT2D eigenvalue weighted by Crippen LogP contribution is -2.11. The standard InChI is InChI=1S/C15H15F3O2/c1-14(2)11(12(14)13(19)20)8-10(15(16,17)18)9-6-4-3-5-7-9/h3-8,11-12H,1-2H3,(H,19,20)/b10-8-. The minimum absolute atomic E-state index is 0.0619. The molecule has 0 amide bonds. The third-order valence-electron chi connectivity index (χ3n) is 3.91. The number of rotatable bonds is 3. The number of halogens is 3. The van der Waals surface area contributed by atoms with E-state index >= 15 is 0 Å². The molecule has 1 aromatic rings. The second-order valence-electron chi connectivity index (χ2n) is 5.61. The Hall–Kier alpha value is -1.78. The summed E-state index contributed by atoms with van der Waals surface area (Å²) in [6.07, 6.45) is -3.43. The van der Waals surface area contributed by atoms with Crippen LogP contribution in [0.1, 0.15) is 19.4 Å². The maximum atomic E-state index is 13.2. The Morgan fingerprint density at radius 2 is 1.80 bits per heavy atom. The molecule has 0 spiro atoms. The first-order valence-corrected chi connectivity index (χ1v) is 6.23. The average Bonchev–Trinajstić information content (AvgIpc) is 2.87. The van der Waals surface area contributed by atoms with Crippen molar-refractivity contribution in [3.05, 3.63) is 42.0 Å². The molecular weight excluding hydrogens is 269 g/mol. The van der Waals surface area contributed by atoms with Crippen molar-refractivity contribution < 1.29 is 23.1 Å². The largest absolute Gasteiger partial charge is 0.481 e. The fraction of sp³-hybridized carbons (Fsp3) is 0.400. The van der Waals surface area contributed by atoms with Crippen LogP contribution in [-0.2, 0) is 4.79 Å².